The zero-order valence-electron chi connectivity index (χ0n) is 42.0. The van der Waals surface area contributed by atoms with Crippen molar-refractivity contribution in [2.24, 2.45) is 28.3 Å². The lowest BCUT2D eigenvalue weighted by Crippen LogP contribution is -2.62. The number of amides is 12. The Bertz CT molecular complexity index is 2200. The summed E-state index contributed by atoms with van der Waals surface area (Å²) in [6.07, 6.45) is -0.656. The van der Waals surface area contributed by atoms with Crippen LogP contribution in [0, 0.1) is 11.8 Å². The predicted octanol–water partition coefficient (Wildman–Crippen LogP) is -8.86. The Balaban J connectivity index is 1.92. The number of hydrogen-bond acceptors (Lipinski definition) is 17. The summed E-state index contributed by atoms with van der Waals surface area (Å²) in [6.45, 7) is 3.03. The lowest BCUT2D eigenvalue weighted by molar-refractivity contribution is -0.146. The summed E-state index contributed by atoms with van der Waals surface area (Å²) in [5.41, 5.74) is 10.8. The fourth-order valence-electron chi connectivity index (χ4n) is 7.68. The zero-order valence-corrected chi connectivity index (χ0v) is 42.8. The van der Waals surface area contributed by atoms with E-state index in [1.54, 1.807) is 13.8 Å². The Morgan fingerprint density at radius 2 is 1.12 bits per heavy atom. The molecule has 0 saturated carbocycles. The van der Waals surface area contributed by atoms with E-state index < -0.39 is 188 Å². The highest BCUT2D eigenvalue weighted by Gasteiger charge is 2.48. The van der Waals surface area contributed by atoms with Crippen LogP contribution < -0.4 is 70.0 Å². The standard InChI is InChI=1S/C43H69N15O16S/c1-18(2)32-40(72)49-13-28(62)52-25(16-60)38(70)54-22-8-9-30-58(42(22)74)26(17-75-30)39(71)55-24(15-59)36(68)48-14-29(63)56-33(19(3)4)41(73)50-20(5)34(66)53-21(7-6-10-46-43(44)45)35(67)47-12-27(61)51-23(11-31(64)65)37(69)57-32/h18-26,30,32-33,59-60H,6-17H2,1-5H3,(H,47,67)(H,48,68)(H,49,72)(H,50,73)(H,51,61)(H,52,62)(H,53,66)(H,54,70)(H,55,71)(H,56,63)(H,57,69)(H,64,65)(H4,44,45,46)/t20-,21-,22-,23-,24-,25-,26-,30-,32-,33-/m0/s1. The number of aliphatic imine (C=N–C) groups is 1. The first-order chi connectivity index (χ1) is 35.3. The number of carboxylic acids is 1. The highest BCUT2D eigenvalue weighted by atomic mass is 32.2. The number of nitrogens with two attached hydrogens (primary N) is 2. The van der Waals surface area contributed by atoms with Gasteiger partial charge in [0.2, 0.25) is 70.9 Å². The molecule has 0 aliphatic carbocycles. The molecule has 3 heterocycles. The highest BCUT2D eigenvalue weighted by molar-refractivity contribution is 8.00. The van der Waals surface area contributed by atoms with Gasteiger partial charge in [-0.15, -0.1) is 11.8 Å². The van der Waals surface area contributed by atoms with E-state index in [4.69, 9.17) is 11.5 Å². The molecule has 0 radical (unpaired) electrons. The van der Waals surface area contributed by atoms with Gasteiger partial charge in [0.05, 0.1) is 44.6 Å². The topological polar surface area (TPSA) is 483 Å². The summed E-state index contributed by atoms with van der Waals surface area (Å²) in [4.78, 5) is 177. The van der Waals surface area contributed by atoms with E-state index in [-0.39, 0.29) is 43.9 Å². The molecular weight excluding hydrogens is 1010 g/mol. The largest absolute Gasteiger partial charge is 0.481 e. The first-order valence-electron chi connectivity index (χ1n) is 23.9. The van der Waals surface area contributed by atoms with Gasteiger partial charge >= 0.3 is 5.97 Å². The average molecular weight is 1080 g/mol. The van der Waals surface area contributed by atoms with Gasteiger partial charge in [-0.1, -0.05) is 27.7 Å². The van der Waals surface area contributed by atoms with Crippen LogP contribution in [0.4, 0.5) is 0 Å². The smallest absolute Gasteiger partial charge is 0.305 e. The first kappa shape index (κ1) is 61.9. The highest BCUT2D eigenvalue weighted by Crippen LogP contribution is 2.36. The molecule has 32 heteroatoms. The van der Waals surface area contributed by atoms with E-state index >= 15 is 0 Å². The summed E-state index contributed by atoms with van der Waals surface area (Å²) >= 11 is 1.25. The summed E-state index contributed by atoms with van der Waals surface area (Å²) in [6, 6.07) is -13.0. The van der Waals surface area contributed by atoms with Gasteiger partial charge in [-0.25, -0.2) is 0 Å². The van der Waals surface area contributed by atoms with E-state index in [1.807, 2.05) is 0 Å². The van der Waals surface area contributed by atoms with Gasteiger partial charge in [0, 0.05) is 12.3 Å². The molecule has 0 spiro atoms. The van der Waals surface area contributed by atoms with Gasteiger partial charge in [0.1, 0.15) is 54.4 Å². The second-order valence-corrected chi connectivity index (χ2v) is 19.6. The van der Waals surface area contributed by atoms with E-state index in [1.165, 1.54) is 37.4 Å². The Morgan fingerprint density at radius 3 is 1.68 bits per heavy atom. The molecule has 0 unspecified atom stereocenters. The SMILES string of the molecule is CC(C)[C@@H]1NC(=O)CNC(=O)[C@H](CO)NC(=O)[C@@H]2CS[C@H]3CC[C@H](NC(=O)[C@H](CO)NC(=O)CNC(=O)[C@H](C(C)C)NC(=O)[C@H](CC(=O)O)NC(=O)CNC(=O)[C@H](CCCN=C(N)N)NC(=O)[C@H](C)NC1=O)C(=O)N32. The van der Waals surface area contributed by atoms with Crippen molar-refractivity contribution in [2.45, 2.75) is 126 Å². The van der Waals surface area contributed by atoms with Crippen LogP contribution in [-0.4, -0.2) is 208 Å². The lowest BCUT2D eigenvalue weighted by Gasteiger charge is -2.37. The predicted molar refractivity (Wildman–Crippen MR) is 262 cm³/mol. The van der Waals surface area contributed by atoms with Crippen molar-refractivity contribution in [1.82, 2.24) is 63.4 Å². The van der Waals surface area contributed by atoms with Gasteiger partial charge in [-0.3, -0.25) is 67.3 Å². The minimum Gasteiger partial charge on any atom is -0.481 e. The fourth-order valence-corrected chi connectivity index (χ4v) is 9.11. The molecule has 0 aromatic heterocycles. The summed E-state index contributed by atoms with van der Waals surface area (Å²) in [7, 11) is 0. The van der Waals surface area contributed by atoms with Crippen molar-refractivity contribution >= 4 is 94.6 Å². The van der Waals surface area contributed by atoms with Crippen LogP contribution in [-0.2, 0) is 62.3 Å². The summed E-state index contributed by atoms with van der Waals surface area (Å²) in [5, 5.41) is 54.9. The van der Waals surface area contributed by atoms with E-state index in [0.717, 1.165) is 0 Å². The minimum absolute atomic E-state index is 0.000911. The molecule has 10 atom stereocenters. The van der Waals surface area contributed by atoms with E-state index in [0.29, 0.717) is 0 Å². The summed E-state index contributed by atoms with van der Waals surface area (Å²) in [5.74, 6) is -14.5. The Hall–Kier alpha value is -7.35. The second-order valence-electron chi connectivity index (χ2n) is 18.4. The van der Waals surface area contributed by atoms with Crippen molar-refractivity contribution in [3.63, 3.8) is 0 Å². The molecule has 12 amide bonds. The molecule has 0 aromatic rings. The molecule has 3 fully saturated rings. The number of aliphatic carboxylic acids is 1. The number of carboxylic acid groups (broad SMARTS) is 1. The van der Waals surface area contributed by atoms with Crippen LogP contribution in [0.2, 0.25) is 0 Å². The number of rotatable bonds is 10. The van der Waals surface area contributed by atoms with Gasteiger partial charge in [0.15, 0.2) is 5.96 Å². The Labute approximate surface area is 434 Å². The number of fused-ring (bicyclic) bond motifs is 1. The van der Waals surface area contributed by atoms with Gasteiger partial charge in [-0.05, 0) is 44.4 Å². The van der Waals surface area contributed by atoms with Crippen LogP contribution >= 0.6 is 11.8 Å². The van der Waals surface area contributed by atoms with Crippen molar-refractivity contribution in [3.8, 4) is 0 Å². The number of carbonyl (C=O) groups excluding carboxylic acids is 12. The molecule has 75 heavy (non-hydrogen) atoms. The molecular formula is C43H69N15O16S. The number of nitrogens with zero attached hydrogens (tertiary/aromatic N) is 2. The molecule has 31 nitrogen and oxygen atoms in total. The Morgan fingerprint density at radius 1 is 0.613 bits per heavy atom. The molecule has 418 valence electrons. The molecule has 3 rings (SSSR count). The Kier molecular flexibility index (Phi) is 24.4. The quantitative estimate of drug-likeness (QED) is 0.0549. The summed E-state index contributed by atoms with van der Waals surface area (Å²) < 4.78 is 0. The number of thioether (sulfide) groups is 1. The van der Waals surface area contributed by atoms with Crippen molar-refractivity contribution < 1.29 is 77.6 Å². The third kappa shape index (κ3) is 19.1. The normalized spacial score (nSPS) is 28.2. The van der Waals surface area contributed by atoms with Crippen molar-refractivity contribution in [2.75, 3.05) is 45.1 Å². The number of aliphatic hydroxyl groups excluding tert-OH is 2. The number of piperidine rings is 1. The monoisotopic (exact) mass is 1080 g/mol. The maximum atomic E-state index is 13.8. The number of carbonyl (C=O) groups is 13. The maximum Gasteiger partial charge on any atom is 0.305 e. The van der Waals surface area contributed by atoms with Crippen LogP contribution in [0.15, 0.2) is 4.99 Å². The third-order valence-electron chi connectivity index (χ3n) is 11.8. The number of aliphatic hydroxyl groups is 2. The van der Waals surface area contributed by atoms with Gasteiger partial charge in [-0.2, -0.15) is 0 Å². The van der Waals surface area contributed by atoms with Crippen LogP contribution in [0.1, 0.15) is 66.7 Å². The average Bonchev–Trinajstić information content (AvgIpc) is 3.79. The third-order valence-corrected chi connectivity index (χ3v) is 13.1. The minimum atomic E-state index is -1.82. The van der Waals surface area contributed by atoms with Crippen molar-refractivity contribution in [1.29, 1.82) is 0 Å². The van der Waals surface area contributed by atoms with E-state index in [2.05, 4.69) is 63.5 Å². The number of guanidine groups is 1. The molecule has 18 N–H and O–H groups in total. The molecule has 3 aliphatic rings. The van der Waals surface area contributed by atoms with Crippen LogP contribution in [0.3, 0.4) is 0 Å². The maximum absolute atomic E-state index is 13.8. The van der Waals surface area contributed by atoms with Crippen LogP contribution in [0.25, 0.3) is 0 Å². The number of nitrogens with one attached hydrogen (secondary N) is 11. The van der Waals surface area contributed by atoms with Crippen molar-refractivity contribution in [3.05, 3.63) is 0 Å². The van der Waals surface area contributed by atoms with Gasteiger partial charge in [0.25, 0.3) is 0 Å². The zero-order chi connectivity index (χ0) is 56.3. The van der Waals surface area contributed by atoms with E-state index in [9.17, 15) is 77.6 Å². The molecule has 3 aliphatic heterocycles. The number of hydrogen-bond donors (Lipinski definition) is 16. The molecule has 3 saturated heterocycles. The molecule has 2 bridgehead atoms. The molecule has 0 aromatic carbocycles. The fraction of sp³-hybridized carbons (Fsp3) is 0.674. The van der Waals surface area contributed by atoms with Gasteiger partial charge < -0.3 is 90.2 Å². The first-order valence-corrected chi connectivity index (χ1v) is 25.0. The second kappa shape index (κ2) is 29.5. The lowest BCUT2D eigenvalue weighted by atomic mass is 10.0. The van der Waals surface area contributed by atoms with Crippen LogP contribution in [0.5, 0.6) is 0 Å².